The van der Waals surface area contributed by atoms with Gasteiger partial charge in [0, 0.05) is 18.4 Å². The lowest BCUT2D eigenvalue weighted by Crippen LogP contribution is -2.38. The average molecular weight is 258 g/mol. The fraction of sp³-hybridized carbons (Fsp3) is 0.143. The van der Waals surface area contributed by atoms with E-state index in [1.807, 2.05) is 35.8 Å². The first-order valence-corrected chi connectivity index (χ1v) is 6.51. The normalized spacial score (nSPS) is 11.2. The minimum atomic E-state index is -0.809. The lowest BCUT2D eigenvalue weighted by molar-refractivity contribution is -0.661. The van der Waals surface area contributed by atoms with Crippen LogP contribution in [0.1, 0.15) is 5.01 Å². The smallest absolute Gasteiger partial charge is 0.370 e. The minimum Gasteiger partial charge on any atom is -0.477 e. The zero-order chi connectivity index (χ0) is 12.7. The molecule has 1 N–H and O–H groups in total. The van der Waals surface area contributed by atoms with Crippen LogP contribution in [0, 0.1) is 6.92 Å². The molecule has 4 heteroatoms. The zero-order valence-electron chi connectivity index (χ0n) is 9.88. The summed E-state index contributed by atoms with van der Waals surface area (Å²) in [5.74, 6) is -0.809. The van der Waals surface area contributed by atoms with Crippen molar-refractivity contribution in [2.75, 3.05) is 0 Å². The Hall–Kier alpha value is -1.94. The van der Waals surface area contributed by atoms with Crippen molar-refractivity contribution in [2.24, 2.45) is 0 Å². The SMILES string of the molecule is Cc1sc2c3ccccc3ccc2[n+]1CC(=O)O. The number of fused-ring (bicyclic) bond motifs is 3. The first-order chi connectivity index (χ1) is 8.66. The van der Waals surface area contributed by atoms with Crippen LogP contribution in [-0.4, -0.2) is 11.1 Å². The predicted molar refractivity (Wildman–Crippen MR) is 71.9 cm³/mol. The number of carboxylic acid groups (broad SMARTS) is 1. The van der Waals surface area contributed by atoms with Gasteiger partial charge in [-0.25, -0.2) is 4.79 Å². The number of thiazole rings is 1. The van der Waals surface area contributed by atoms with Gasteiger partial charge in [-0.05, 0) is 11.5 Å². The summed E-state index contributed by atoms with van der Waals surface area (Å²) in [6, 6.07) is 12.2. The van der Waals surface area contributed by atoms with E-state index in [2.05, 4.69) is 12.1 Å². The van der Waals surface area contributed by atoms with Crippen molar-refractivity contribution in [3.05, 3.63) is 41.4 Å². The number of aliphatic carboxylic acids is 1. The standard InChI is InChI=1S/C14H11NO2S/c1-9-15(8-13(16)17)12-7-6-10-4-2-3-5-11(10)14(12)18-9/h2-7H,8H2,1H3/p+1. The fourth-order valence-corrected chi connectivity index (χ4v) is 3.40. The highest BCUT2D eigenvalue weighted by Crippen LogP contribution is 2.28. The number of hydrogen-bond acceptors (Lipinski definition) is 2. The number of rotatable bonds is 2. The molecule has 0 aliphatic carbocycles. The maximum atomic E-state index is 10.9. The van der Waals surface area contributed by atoms with Crippen LogP contribution in [0.2, 0.25) is 0 Å². The topological polar surface area (TPSA) is 41.2 Å². The van der Waals surface area contributed by atoms with Gasteiger partial charge in [-0.3, -0.25) is 0 Å². The van der Waals surface area contributed by atoms with Crippen molar-refractivity contribution in [3.8, 4) is 0 Å². The molecular weight excluding hydrogens is 246 g/mol. The Balaban J connectivity index is 2.37. The number of carbonyl (C=O) groups is 1. The summed E-state index contributed by atoms with van der Waals surface area (Å²) >= 11 is 1.65. The van der Waals surface area contributed by atoms with Crippen LogP contribution < -0.4 is 4.57 Å². The molecule has 0 unspecified atom stereocenters. The highest BCUT2D eigenvalue weighted by molar-refractivity contribution is 7.19. The van der Waals surface area contributed by atoms with Crippen molar-refractivity contribution in [1.82, 2.24) is 0 Å². The summed E-state index contributed by atoms with van der Waals surface area (Å²) < 4.78 is 3.02. The second kappa shape index (κ2) is 4.07. The summed E-state index contributed by atoms with van der Waals surface area (Å²) in [4.78, 5) is 10.9. The number of aromatic nitrogens is 1. The molecule has 0 atom stereocenters. The Bertz CT molecular complexity index is 761. The van der Waals surface area contributed by atoms with Crippen LogP contribution in [0.4, 0.5) is 0 Å². The van der Waals surface area contributed by atoms with Crippen molar-refractivity contribution in [2.45, 2.75) is 13.5 Å². The molecule has 0 amide bonds. The van der Waals surface area contributed by atoms with Crippen molar-refractivity contribution in [3.63, 3.8) is 0 Å². The molecule has 0 saturated heterocycles. The molecule has 0 bridgehead atoms. The fourth-order valence-electron chi connectivity index (χ4n) is 2.26. The van der Waals surface area contributed by atoms with E-state index >= 15 is 0 Å². The van der Waals surface area contributed by atoms with E-state index in [1.54, 1.807) is 11.3 Å². The van der Waals surface area contributed by atoms with Gasteiger partial charge in [0.2, 0.25) is 17.1 Å². The van der Waals surface area contributed by atoms with Crippen LogP contribution in [-0.2, 0) is 11.3 Å². The van der Waals surface area contributed by atoms with Crippen LogP contribution >= 0.6 is 11.3 Å². The van der Waals surface area contributed by atoms with E-state index in [-0.39, 0.29) is 6.54 Å². The monoisotopic (exact) mass is 258 g/mol. The van der Waals surface area contributed by atoms with Gasteiger partial charge in [0.1, 0.15) is 4.70 Å². The Labute approximate surface area is 108 Å². The number of hydrogen-bond donors (Lipinski definition) is 1. The molecule has 0 aliphatic rings. The molecule has 3 aromatic rings. The Morgan fingerprint density at radius 2 is 2.06 bits per heavy atom. The molecule has 0 spiro atoms. The molecule has 1 heterocycles. The van der Waals surface area contributed by atoms with E-state index in [9.17, 15) is 4.79 Å². The molecule has 0 saturated carbocycles. The molecular formula is C14H12NO2S+. The van der Waals surface area contributed by atoms with Crippen LogP contribution in [0.3, 0.4) is 0 Å². The van der Waals surface area contributed by atoms with Gasteiger partial charge in [0.05, 0.1) is 0 Å². The van der Waals surface area contributed by atoms with Gasteiger partial charge in [0.15, 0.2) is 0 Å². The molecule has 1 aromatic heterocycles. The van der Waals surface area contributed by atoms with Crippen LogP contribution in [0.15, 0.2) is 36.4 Å². The van der Waals surface area contributed by atoms with Crippen molar-refractivity contribution >= 4 is 38.3 Å². The minimum absolute atomic E-state index is 0.0180. The number of aryl methyl sites for hydroxylation is 1. The second-order valence-electron chi connectivity index (χ2n) is 4.24. The Kier molecular flexibility index (Phi) is 2.52. The Morgan fingerprint density at radius 1 is 1.28 bits per heavy atom. The molecule has 0 aliphatic heterocycles. The highest BCUT2D eigenvalue weighted by atomic mass is 32.1. The molecule has 18 heavy (non-hydrogen) atoms. The maximum Gasteiger partial charge on any atom is 0.370 e. The van der Waals surface area contributed by atoms with Gasteiger partial charge in [-0.15, -0.1) is 0 Å². The number of carboxylic acids is 1. The quantitative estimate of drug-likeness (QED) is 0.718. The average Bonchev–Trinajstić information content (AvgIpc) is 2.66. The van der Waals surface area contributed by atoms with E-state index in [0.717, 1.165) is 15.2 Å². The third kappa shape index (κ3) is 1.66. The lowest BCUT2D eigenvalue weighted by atomic mass is 10.1. The van der Waals surface area contributed by atoms with Crippen molar-refractivity contribution in [1.29, 1.82) is 0 Å². The summed E-state index contributed by atoms with van der Waals surface area (Å²) in [5.41, 5.74) is 0.999. The largest absolute Gasteiger partial charge is 0.477 e. The summed E-state index contributed by atoms with van der Waals surface area (Å²) in [5, 5.41) is 12.4. The maximum absolute atomic E-state index is 10.9. The van der Waals surface area contributed by atoms with Gasteiger partial charge >= 0.3 is 5.97 Å². The first kappa shape index (κ1) is 11.2. The first-order valence-electron chi connectivity index (χ1n) is 5.69. The summed E-state index contributed by atoms with van der Waals surface area (Å²) in [7, 11) is 0. The zero-order valence-corrected chi connectivity index (χ0v) is 10.7. The number of benzene rings is 2. The Morgan fingerprint density at radius 3 is 2.83 bits per heavy atom. The predicted octanol–water partition coefficient (Wildman–Crippen LogP) is 2.74. The molecule has 90 valence electrons. The third-order valence-electron chi connectivity index (χ3n) is 3.07. The summed E-state index contributed by atoms with van der Waals surface area (Å²) in [6.07, 6.45) is 0. The van der Waals surface area contributed by atoms with E-state index in [4.69, 9.17) is 5.11 Å². The van der Waals surface area contributed by atoms with E-state index < -0.39 is 5.97 Å². The molecule has 3 nitrogen and oxygen atoms in total. The number of nitrogens with zero attached hydrogens (tertiary/aromatic N) is 1. The van der Waals surface area contributed by atoms with Crippen LogP contribution in [0.5, 0.6) is 0 Å². The molecule has 0 fully saturated rings. The van der Waals surface area contributed by atoms with Gasteiger partial charge in [-0.2, -0.15) is 4.57 Å². The van der Waals surface area contributed by atoms with E-state index in [0.29, 0.717) is 0 Å². The van der Waals surface area contributed by atoms with Gasteiger partial charge < -0.3 is 5.11 Å². The summed E-state index contributed by atoms with van der Waals surface area (Å²) in [6.45, 7) is 1.98. The van der Waals surface area contributed by atoms with Gasteiger partial charge in [0.25, 0.3) is 0 Å². The van der Waals surface area contributed by atoms with E-state index in [1.165, 1.54) is 10.8 Å². The second-order valence-corrected chi connectivity index (χ2v) is 5.44. The van der Waals surface area contributed by atoms with Gasteiger partial charge in [-0.1, -0.05) is 35.6 Å². The molecule has 2 aromatic carbocycles. The molecule has 3 rings (SSSR count). The van der Waals surface area contributed by atoms with Crippen LogP contribution in [0.25, 0.3) is 21.0 Å². The molecule has 0 radical (unpaired) electrons. The third-order valence-corrected chi connectivity index (χ3v) is 4.22. The lowest BCUT2D eigenvalue weighted by Gasteiger charge is -1.96. The van der Waals surface area contributed by atoms with Crippen molar-refractivity contribution < 1.29 is 14.5 Å². The highest BCUT2D eigenvalue weighted by Gasteiger charge is 2.21.